The molecule has 9 nitrogen and oxygen atoms in total. The summed E-state index contributed by atoms with van der Waals surface area (Å²) in [5.41, 5.74) is 0.313. The Morgan fingerprint density at radius 2 is 1.72 bits per heavy atom. The largest absolute Gasteiger partial charge is 0.450 e. The molecular weight excluding hydrogens is 514 g/mol. The Bertz CT molecular complexity index is 1470. The fourth-order valence-corrected chi connectivity index (χ4v) is 6.46. The molecule has 1 saturated heterocycles. The Balaban J connectivity index is 1.54. The number of thiazole rings is 1. The molecule has 36 heavy (non-hydrogen) atoms. The third-order valence-electron chi connectivity index (χ3n) is 5.71. The van der Waals surface area contributed by atoms with Gasteiger partial charge >= 0.3 is 6.09 Å². The Morgan fingerprint density at radius 3 is 2.33 bits per heavy atom. The van der Waals surface area contributed by atoms with Gasteiger partial charge < -0.3 is 14.2 Å². The average molecular weight is 539 g/mol. The lowest BCUT2D eigenvalue weighted by Crippen LogP contribution is -2.50. The summed E-state index contributed by atoms with van der Waals surface area (Å²) < 4.78 is 62.0. The number of hydrogen-bond acceptors (Lipinski definition) is 6. The topological polar surface area (TPSA) is 101 Å². The van der Waals surface area contributed by atoms with E-state index < -0.39 is 33.7 Å². The van der Waals surface area contributed by atoms with Gasteiger partial charge in [0.15, 0.2) is 10.6 Å². The van der Waals surface area contributed by atoms with E-state index in [4.69, 9.17) is 4.74 Å². The Hall–Kier alpha value is -3.16. The van der Waals surface area contributed by atoms with Gasteiger partial charge in [-0.25, -0.2) is 22.0 Å². The third-order valence-corrected chi connectivity index (χ3v) is 8.65. The summed E-state index contributed by atoms with van der Waals surface area (Å²) in [6.45, 7) is 4.68. The minimum Gasteiger partial charge on any atom is -0.450 e. The van der Waals surface area contributed by atoms with E-state index in [1.807, 2.05) is 0 Å². The van der Waals surface area contributed by atoms with E-state index >= 15 is 0 Å². The first kappa shape index (κ1) is 25.9. The molecule has 1 aliphatic rings. The molecule has 192 valence electrons. The second-order valence-electron chi connectivity index (χ2n) is 7.89. The predicted octanol–water partition coefficient (Wildman–Crippen LogP) is 3.20. The van der Waals surface area contributed by atoms with Crippen LogP contribution in [0, 0.1) is 11.6 Å². The number of sulfonamides is 1. The number of aromatic nitrogens is 1. The lowest BCUT2D eigenvalue weighted by molar-refractivity contribution is 0.0933. The molecule has 0 aliphatic carbocycles. The smallest absolute Gasteiger partial charge is 0.409 e. The molecule has 1 fully saturated rings. The quantitative estimate of drug-likeness (QED) is 0.497. The molecule has 2 amide bonds. The average Bonchev–Trinajstić information content (AvgIpc) is 3.21. The standard InChI is InChI=1S/C23H24F2N4O5S2/c1-3-29-20-18(25)13-16(24)14-19(20)35-22(29)26-21(30)15-5-7-17(8-6-15)36(32,33)28-11-9-27(10-12-28)23(31)34-4-2/h5-8,13-14H,3-4,9-12H2,1-2H3. The van der Waals surface area contributed by atoms with Gasteiger partial charge in [0.2, 0.25) is 10.0 Å². The van der Waals surface area contributed by atoms with E-state index in [0.29, 0.717) is 11.2 Å². The molecule has 2 heterocycles. The number of carbonyl (C=O) groups is 2. The lowest BCUT2D eigenvalue weighted by atomic mass is 10.2. The number of rotatable bonds is 5. The molecular formula is C23H24F2N4O5S2. The van der Waals surface area contributed by atoms with Gasteiger partial charge in [-0.1, -0.05) is 11.3 Å². The van der Waals surface area contributed by atoms with Gasteiger partial charge in [0, 0.05) is 44.4 Å². The van der Waals surface area contributed by atoms with Crippen molar-refractivity contribution < 1.29 is 31.5 Å². The van der Waals surface area contributed by atoms with Crippen molar-refractivity contribution in [3.63, 3.8) is 0 Å². The highest BCUT2D eigenvalue weighted by Crippen LogP contribution is 2.23. The highest BCUT2D eigenvalue weighted by molar-refractivity contribution is 7.89. The van der Waals surface area contributed by atoms with E-state index in [9.17, 15) is 26.8 Å². The van der Waals surface area contributed by atoms with Gasteiger partial charge in [-0.05, 0) is 44.2 Å². The number of amides is 2. The predicted molar refractivity (Wildman–Crippen MR) is 129 cm³/mol. The van der Waals surface area contributed by atoms with Gasteiger partial charge in [-0.2, -0.15) is 9.30 Å². The molecule has 0 radical (unpaired) electrons. The maximum absolute atomic E-state index is 14.3. The van der Waals surface area contributed by atoms with Crippen LogP contribution in [0.4, 0.5) is 13.6 Å². The SMILES string of the molecule is CCOC(=O)N1CCN(S(=O)(=O)c2ccc(C(=O)N=c3sc4cc(F)cc(F)c4n3CC)cc2)CC1. The maximum atomic E-state index is 14.3. The van der Waals surface area contributed by atoms with Crippen LogP contribution in [0.1, 0.15) is 24.2 Å². The van der Waals surface area contributed by atoms with E-state index in [1.54, 1.807) is 13.8 Å². The molecule has 4 rings (SSSR count). The molecule has 0 spiro atoms. The zero-order valence-corrected chi connectivity index (χ0v) is 21.2. The van der Waals surface area contributed by atoms with Gasteiger partial charge in [0.25, 0.3) is 5.91 Å². The van der Waals surface area contributed by atoms with Crippen LogP contribution in [0.3, 0.4) is 0 Å². The monoisotopic (exact) mass is 538 g/mol. The van der Waals surface area contributed by atoms with Crippen LogP contribution in [-0.2, 0) is 21.3 Å². The number of nitrogens with zero attached hydrogens (tertiary/aromatic N) is 4. The minimum absolute atomic E-state index is 0.00617. The maximum Gasteiger partial charge on any atom is 0.409 e. The Labute approximate surface area is 210 Å². The van der Waals surface area contributed by atoms with Crippen molar-refractivity contribution in [1.29, 1.82) is 0 Å². The van der Waals surface area contributed by atoms with E-state index in [1.165, 1.54) is 44.1 Å². The first-order valence-corrected chi connectivity index (χ1v) is 13.5. The highest BCUT2D eigenvalue weighted by Gasteiger charge is 2.30. The van der Waals surface area contributed by atoms with E-state index in [2.05, 4.69) is 4.99 Å². The van der Waals surface area contributed by atoms with Crippen LogP contribution in [-0.4, -0.2) is 67.0 Å². The zero-order valence-electron chi connectivity index (χ0n) is 19.6. The number of fused-ring (bicyclic) bond motifs is 1. The number of piperazine rings is 1. The van der Waals surface area contributed by atoms with Crippen LogP contribution in [0.15, 0.2) is 46.3 Å². The summed E-state index contributed by atoms with van der Waals surface area (Å²) in [7, 11) is -3.83. The van der Waals surface area contributed by atoms with Gasteiger partial charge in [0.05, 0.1) is 21.7 Å². The summed E-state index contributed by atoms with van der Waals surface area (Å²) in [5, 5.41) is 0. The molecule has 0 bridgehead atoms. The highest BCUT2D eigenvalue weighted by atomic mass is 32.2. The van der Waals surface area contributed by atoms with Gasteiger partial charge in [-0.15, -0.1) is 0 Å². The van der Waals surface area contributed by atoms with Gasteiger partial charge in [0.1, 0.15) is 5.82 Å². The molecule has 0 atom stereocenters. The molecule has 2 aromatic carbocycles. The van der Waals surface area contributed by atoms with Crippen molar-refractivity contribution in [2.75, 3.05) is 32.8 Å². The van der Waals surface area contributed by atoms with Crippen molar-refractivity contribution in [2.24, 2.45) is 4.99 Å². The fraction of sp³-hybridized carbons (Fsp3) is 0.348. The summed E-state index contributed by atoms with van der Waals surface area (Å²) >= 11 is 0.987. The van der Waals surface area contributed by atoms with Crippen LogP contribution in [0.5, 0.6) is 0 Å². The van der Waals surface area contributed by atoms with Crippen molar-refractivity contribution in [2.45, 2.75) is 25.3 Å². The van der Waals surface area contributed by atoms with Crippen molar-refractivity contribution >= 4 is 43.6 Å². The summed E-state index contributed by atoms with van der Waals surface area (Å²) in [6, 6.07) is 7.33. The zero-order chi connectivity index (χ0) is 26.0. The van der Waals surface area contributed by atoms with Gasteiger partial charge in [-0.3, -0.25) is 4.79 Å². The van der Waals surface area contributed by atoms with E-state index in [-0.39, 0.29) is 53.6 Å². The van der Waals surface area contributed by atoms with Crippen LogP contribution in [0.25, 0.3) is 10.2 Å². The van der Waals surface area contributed by atoms with Crippen LogP contribution in [0.2, 0.25) is 0 Å². The number of ether oxygens (including phenoxy) is 1. The summed E-state index contributed by atoms with van der Waals surface area (Å²) in [4.78, 5) is 30.4. The molecule has 1 aromatic heterocycles. The fourth-order valence-electron chi connectivity index (χ4n) is 3.90. The summed E-state index contributed by atoms with van der Waals surface area (Å²) in [6.07, 6.45) is -0.475. The number of halogens is 2. The first-order chi connectivity index (χ1) is 17.1. The number of benzene rings is 2. The number of aryl methyl sites for hydroxylation is 1. The van der Waals surface area contributed by atoms with Crippen molar-refractivity contribution in [3.05, 3.63) is 58.4 Å². The first-order valence-electron chi connectivity index (χ1n) is 11.2. The normalized spacial score (nSPS) is 15.4. The molecule has 0 saturated carbocycles. The number of carbonyl (C=O) groups excluding carboxylic acids is 2. The van der Waals surface area contributed by atoms with Crippen LogP contribution >= 0.6 is 11.3 Å². The molecule has 1 aliphatic heterocycles. The Kier molecular flexibility index (Phi) is 7.52. The van der Waals surface area contributed by atoms with Crippen molar-refractivity contribution in [1.82, 2.24) is 13.8 Å². The van der Waals surface area contributed by atoms with Crippen molar-refractivity contribution in [3.8, 4) is 0 Å². The lowest BCUT2D eigenvalue weighted by Gasteiger charge is -2.33. The minimum atomic E-state index is -3.83. The second-order valence-corrected chi connectivity index (χ2v) is 10.8. The molecule has 0 unspecified atom stereocenters. The van der Waals surface area contributed by atoms with E-state index in [0.717, 1.165) is 17.4 Å². The second kappa shape index (κ2) is 10.4. The third kappa shape index (κ3) is 5.04. The molecule has 13 heteroatoms. The van der Waals surface area contributed by atoms with Crippen LogP contribution < -0.4 is 4.80 Å². The molecule has 3 aromatic rings. The molecule has 0 N–H and O–H groups in total. The summed E-state index contributed by atoms with van der Waals surface area (Å²) in [5.74, 6) is -2.10. The number of hydrogen-bond donors (Lipinski definition) is 0. The Morgan fingerprint density at radius 1 is 1.06 bits per heavy atom.